The number of aliphatic hydroxyl groups is 2. The van der Waals surface area contributed by atoms with Gasteiger partial charge >= 0.3 is 0 Å². The van der Waals surface area contributed by atoms with Gasteiger partial charge in [0.2, 0.25) is 0 Å². The van der Waals surface area contributed by atoms with Crippen LogP contribution in [-0.4, -0.2) is 49.5 Å². The zero-order valence-corrected chi connectivity index (χ0v) is 8.20. The quantitative estimate of drug-likeness (QED) is 0.264. The molecule has 0 radical (unpaired) electrons. The molecule has 0 aliphatic heterocycles. The predicted molar refractivity (Wildman–Crippen MR) is 48.4 cm³/mol. The molecule has 0 saturated carbocycles. The van der Waals surface area contributed by atoms with E-state index in [4.69, 9.17) is 20.1 Å². The van der Waals surface area contributed by atoms with Crippen LogP contribution in [0.3, 0.4) is 0 Å². The smallest absolute Gasteiger partial charge is 0.157 e. The van der Waals surface area contributed by atoms with Gasteiger partial charge in [-0.2, -0.15) is 0 Å². The first-order valence-electron chi connectivity index (χ1n) is 4.08. The number of nitrogens with zero attached hydrogens (tertiary/aromatic N) is 3. The first kappa shape index (κ1) is 13.2. The van der Waals surface area contributed by atoms with Gasteiger partial charge in [-0.05, 0) is 5.53 Å². The van der Waals surface area contributed by atoms with Gasteiger partial charge in [-0.1, -0.05) is 5.11 Å². The van der Waals surface area contributed by atoms with Crippen molar-refractivity contribution in [2.24, 2.45) is 5.11 Å². The van der Waals surface area contributed by atoms with Crippen molar-refractivity contribution >= 4 is 0 Å². The van der Waals surface area contributed by atoms with E-state index >= 15 is 0 Å². The molecule has 0 aliphatic rings. The van der Waals surface area contributed by atoms with Crippen molar-refractivity contribution in [1.29, 1.82) is 0 Å². The molecule has 0 aliphatic carbocycles. The van der Waals surface area contributed by atoms with Crippen LogP contribution in [0.2, 0.25) is 0 Å². The highest BCUT2D eigenvalue weighted by Gasteiger charge is 2.21. The van der Waals surface area contributed by atoms with E-state index in [0.717, 1.165) is 0 Å². The second kappa shape index (κ2) is 7.54. The molecule has 2 N–H and O–H groups in total. The largest absolute Gasteiger partial charge is 0.394 e. The lowest BCUT2D eigenvalue weighted by molar-refractivity contribution is -0.115. The number of methoxy groups -OCH3 is 2. The van der Waals surface area contributed by atoms with Gasteiger partial charge in [-0.15, -0.1) is 0 Å². The maximum Gasteiger partial charge on any atom is 0.157 e. The Kier molecular flexibility index (Phi) is 7.09. The highest BCUT2D eigenvalue weighted by molar-refractivity contribution is 4.76. The van der Waals surface area contributed by atoms with E-state index in [-0.39, 0.29) is 6.42 Å². The highest BCUT2D eigenvalue weighted by Crippen LogP contribution is 2.10. The van der Waals surface area contributed by atoms with Gasteiger partial charge in [0.05, 0.1) is 18.8 Å². The van der Waals surface area contributed by atoms with Gasteiger partial charge < -0.3 is 19.7 Å². The minimum atomic E-state index is -1.10. The third kappa shape index (κ3) is 4.40. The van der Waals surface area contributed by atoms with Crippen LogP contribution in [0.5, 0.6) is 0 Å². The van der Waals surface area contributed by atoms with Gasteiger partial charge in [0.1, 0.15) is 0 Å². The predicted octanol–water partition coefficient (Wildman–Crippen LogP) is 0.0275. The molecular weight excluding hydrogens is 190 g/mol. The van der Waals surface area contributed by atoms with Crippen LogP contribution in [-0.2, 0) is 9.47 Å². The lowest BCUT2D eigenvalue weighted by Crippen LogP contribution is -2.32. The Morgan fingerprint density at radius 2 is 2.00 bits per heavy atom. The number of hydrogen-bond acceptors (Lipinski definition) is 5. The minimum Gasteiger partial charge on any atom is -0.394 e. The van der Waals surface area contributed by atoms with Gasteiger partial charge in [-0.3, -0.25) is 0 Å². The SMILES string of the molecule is COC(CC(N=[N+]=[N-])C(O)CO)OC. The maximum atomic E-state index is 9.26. The Bertz CT molecular complexity index is 191. The summed E-state index contributed by atoms with van der Waals surface area (Å²) in [5.41, 5.74) is 8.22. The van der Waals surface area contributed by atoms with Crippen LogP contribution in [0.15, 0.2) is 5.11 Å². The van der Waals surface area contributed by atoms with E-state index in [9.17, 15) is 5.11 Å². The normalized spacial score (nSPS) is 14.9. The van der Waals surface area contributed by atoms with Crippen LogP contribution in [0.1, 0.15) is 6.42 Å². The van der Waals surface area contributed by atoms with E-state index in [1.165, 1.54) is 14.2 Å². The molecule has 0 bridgehead atoms. The summed E-state index contributed by atoms with van der Waals surface area (Å²) in [6.45, 7) is -0.468. The number of rotatable bonds is 7. The highest BCUT2D eigenvalue weighted by atomic mass is 16.7. The maximum absolute atomic E-state index is 9.26. The first-order chi connectivity index (χ1) is 6.69. The number of aliphatic hydroxyl groups excluding tert-OH is 2. The molecule has 7 heteroatoms. The average molecular weight is 205 g/mol. The topological polar surface area (TPSA) is 108 Å². The molecule has 0 saturated heterocycles. The zero-order valence-electron chi connectivity index (χ0n) is 8.20. The summed E-state index contributed by atoms with van der Waals surface area (Å²) >= 11 is 0. The molecule has 0 spiro atoms. The van der Waals surface area contributed by atoms with Gasteiger partial charge in [0, 0.05) is 25.6 Å². The lowest BCUT2D eigenvalue weighted by Gasteiger charge is -2.20. The molecule has 82 valence electrons. The fraction of sp³-hybridized carbons (Fsp3) is 1.00. The number of azide groups is 1. The molecule has 7 nitrogen and oxygen atoms in total. The van der Waals surface area contributed by atoms with Crippen molar-refractivity contribution in [3.63, 3.8) is 0 Å². The lowest BCUT2D eigenvalue weighted by atomic mass is 10.1. The van der Waals surface area contributed by atoms with Gasteiger partial charge in [0.25, 0.3) is 0 Å². The third-order valence-electron chi connectivity index (χ3n) is 1.79. The Morgan fingerprint density at radius 3 is 2.36 bits per heavy atom. The molecule has 2 unspecified atom stereocenters. The zero-order chi connectivity index (χ0) is 11.0. The average Bonchev–Trinajstić information content (AvgIpc) is 2.23. The summed E-state index contributed by atoms with van der Waals surface area (Å²) in [6.07, 6.45) is -1.47. The van der Waals surface area contributed by atoms with Crippen LogP contribution in [0, 0.1) is 0 Å². The Morgan fingerprint density at radius 1 is 1.43 bits per heavy atom. The number of ether oxygens (including phenoxy) is 2. The van der Waals surface area contributed by atoms with Crippen LogP contribution in [0.4, 0.5) is 0 Å². The summed E-state index contributed by atoms with van der Waals surface area (Å²) in [4.78, 5) is 2.57. The monoisotopic (exact) mass is 205 g/mol. The molecule has 0 rings (SSSR count). The molecule has 0 aromatic heterocycles. The van der Waals surface area contributed by atoms with Crippen molar-refractivity contribution in [2.45, 2.75) is 24.9 Å². The molecule has 14 heavy (non-hydrogen) atoms. The molecule has 0 aromatic carbocycles. The van der Waals surface area contributed by atoms with Crippen molar-refractivity contribution in [1.82, 2.24) is 0 Å². The Labute approximate surface area is 81.9 Å². The summed E-state index contributed by atoms with van der Waals surface area (Å²) < 4.78 is 9.75. The Hall–Kier alpha value is -0.850. The molecular formula is C7H15N3O4. The van der Waals surface area contributed by atoms with E-state index in [1.807, 2.05) is 0 Å². The van der Waals surface area contributed by atoms with E-state index in [0.29, 0.717) is 0 Å². The minimum absolute atomic E-state index is 0.193. The summed E-state index contributed by atoms with van der Waals surface area (Å²) in [5, 5.41) is 21.3. The standard InChI is InChI=1S/C7H15N3O4/c1-13-7(14-2)3-5(9-10-8)6(12)4-11/h5-7,11-12H,3-4H2,1-2H3. The molecule has 0 aromatic rings. The van der Waals surface area contributed by atoms with Crippen LogP contribution < -0.4 is 0 Å². The second-order valence-electron chi connectivity index (χ2n) is 2.66. The van der Waals surface area contributed by atoms with Crippen LogP contribution in [0.25, 0.3) is 10.4 Å². The van der Waals surface area contributed by atoms with Crippen molar-refractivity contribution in [2.75, 3.05) is 20.8 Å². The molecule has 2 atom stereocenters. The summed E-state index contributed by atoms with van der Waals surface area (Å²) in [6, 6.07) is -0.755. The van der Waals surface area contributed by atoms with E-state index in [1.54, 1.807) is 0 Å². The van der Waals surface area contributed by atoms with Crippen LogP contribution >= 0.6 is 0 Å². The number of hydrogen-bond donors (Lipinski definition) is 2. The van der Waals surface area contributed by atoms with Gasteiger partial charge in [-0.25, -0.2) is 0 Å². The fourth-order valence-corrected chi connectivity index (χ4v) is 0.955. The summed E-state index contributed by atoms with van der Waals surface area (Å²) in [5.74, 6) is 0. The summed E-state index contributed by atoms with van der Waals surface area (Å²) in [7, 11) is 2.87. The third-order valence-corrected chi connectivity index (χ3v) is 1.79. The first-order valence-corrected chi connectivity index (χ1v) is 4.08. The molecule has 0 fully saturated rings. The van der Waals surface area contributed by atoms with Crippen molar-refractivity contribution in [3.8, 4) is 0 Å². The van der Waals surface area contributed by atoms with Gasteiger partial charge in [0.15, 0.2) is 6.29 Å². The van der Waals surface area contributed by atoms with E-state index < -0.39 is 25.0 Å². The van der Waals surface area contributed by atoms with Crippen molar-refractivity contribution in [3.05, 3.63) is 10.4 Å². The molecule has 0 amide bonds. The second-order valence-corrected chi connectivity index (χ2v) is 2.66. The fourth-order valence-electron chi connectivity index (χ4n) is 0.955. The Balaban J connectivity index is 4.27. The van der Waals surface area contributed by atoms with E-state index in [2.05, 4.69) is 10.0 Å². The van der Waals surface area contributed by atoms with Crippen molar-refractivity contribution < 1.29 is 19.7 Å². The molecule has 0 heterocycles.